The van der Waals surface area contributed by atoms with Crippen molar-refractivity contribution in [2.75, 3.05) is 25.6 Å². The van der Waals surface area contributed by atoms with Gasteiger partial charge >= 0.3 is 33.3 Å². The van der Waals surface area contributed by atoms with Crippen LogP contribution >= 0.6 is 15.6 Å². The molecule has 0 radical (unpaired) electrons. The van der Waals surface area contributed by atoms with Crippen LogP contribution in [0.5, 0.6) is 0 Å². The fraction of sp³-hybridized carbons (Fsp3) is 0.702. The molecule has 20 nitrogen and oxygen atoms in total. The molecule has 2 rings (SSSR count). The fourth-order valence-corrected chi connectivity index (χ4v) is 9.00. The number of nitrogens with two attached hydrogens (primary N) is 1. The normalized spacial score (nSPS) is 21.2. The van der Waals surface area contributed by atoms with Crippen molar-refractivity contribution in [2.24, 2.45) is 5.92 Å². The molecule has 2 heterocycles. The molecule has 0 aromatic carbocycles. The van der Waals surface area contributed by atoms with E-state index in [-0.39, 0.29) is 31.5 Å². The highest BCUT2D eigenvalue weighted by molar-refractivity contribution is 7.61. The van der Waals surface area contributed by atoms with Gasteiger partial charge in [0.25, 0.3) is 0 Å². The van der Waals surface area contributed by atoms with E-state index < -0.39 is 95.9 Å². The van der Waals surface area contributed by atoms with E-state index in [0.717, 1.165) is 61.6 Å². The molecule has 1 aliphatic rings. The molecule has 1 aliphatic heterocycles. The van der Waals surface area contributed by atoms with Crippen LogP contribution in [-0.4, -0.2) is 108 Å². The zero-order chi connectivity index (χ0) is 51.1. The van der Waals surface area contributed by atoms with Crippen LogP contribution in [0, 0.1) is 5.92 Å². The lowest BCUT2D eigenvalue weighted by molar-refractivity contribution is -0.161. The van der Waals surface area contributed by atoms with Gasteiger partial charge in [-0.05, 0) is 50.5 Å². The first-order valence-electron chi connectivity index (χ1n) is 24.3. The molecule has 0 amide bonds. The van der Waals surface area contributed by atoms with E-state index in [0.29, 0.717) is 12.8 Å². The van der Waals surface area contributed by atoms with Crippen LogP contribution in [0.4, 0.5) is 5.82 Å². The molecule has 3 unspecified atom stereocenters. The lowest BCUT2D eigenvalue weighted by Crippen LogP contribution is -2.36. The van der Waals surface area contributed by atoms with Gasteiger partial charge in [-0.1, -0.05) is 140 Å². The smallest absolute Gasteiger partial charge is 0.462 e. The van der Waals surface area contributed by atoms with Crippen molar-refractivity contribution in [3.8, 4) is 0 Å². The summed E-state index contributed by atoms with van der Waals surface area (Å²) in [4.78, 5) is 61.8. The summed E-state index contributed by atoms with van der Waals surface area (Å²) >= 11 is 0. The molecule has 10 atom stereocenters. The maximum Gasteiger partial charge on any atom is 0.481 e. The van der Waals surface area contributed by atoms with Crippen molar-refractivity contribution >= 4 is 33.4 Å². The predicted molar refractivity (Wildman–Crippen MR) is 259 cm³/mol. The number of anilines is 1. The number of phosphoric acid groups is 2. The van der Waals surface area contributed by atoms with Crippen molar-refractivity contribution in [1.82, 2.24) is 9.55 Å². The standard InChI is InChI=1S/C47H79N3O17P2/c1-4-6-7-8-14-19-25-37(51)26-20-16-17-21-27-38(52)28-23-30-43(54)65-39(33-62-42(53)29-22-15-12-10-9-11-13-18-24-36(3)5-2)34-63-68(58,59)67-69(60,61)64-35-40-44(55)45(56)46(66-40)50-32-31-41(48)49-47(50)57/h14,16-17,19-21,26-27,31-32,36-40,44-46,51-52,55-56H,4-13,15,18,22-25,28-30,33-35H2,1-3H3,(H,58,59)(H,60,61)(H2,48,49,57)/b17-16+,19-14-,26-20+,27-21-/t36?,37-,38-,39+,40+,44+,45+,46+/m0/s1. The molecule has 1 aromatic heterocycles. The molecule has 0 saturated carbocycles. The minimum absolute atomic E-state index is 0.0730. The van der Waals surface area contributed by atoms with Crippen LogP contribution in [0.1, 0.15) is 149 Å². The maximum atomic E-state index is 12.8. The van der Waals surface area contributed by atoms with Crippen molar-refractivity contribution < 1.29 is 76.5 Å². The third-order valence-corrected chi connectivity index (χ3v) is 13.7. The lowest BCUT2D eigenvalue weighted by atomic mass is 9.99. The van der Waals surface area contributed by atoms with Crippen LogP contribution in [0.15, 0.2) is 65.7 Å². The lowest BCUT2D eigenvalue weighted by Gasteiger charge is -2.21. The number of carbonyl (C=O) groups is 2. The van der Waals surface area contributed by atoms with Gasteiger partial charge in [0.15, 0.2) is 12.3 Å². The molecule has 0 bridgehead atoms. The van der Waals surface area contributed by atoms with E-state index in [1.54, 1.807) is 30.4 Å². The number of aliphatic hydroxyl groups excluding tert-OH is 4. The first-order chi connectivity index (χ1) is 32.9. The van der Waals surface area contributed by atoms with Crippen molar-refractivity contribution in [1.29, 1.82) is 0 Å². The quantitative estimate of drug-likeness (QED) is 0.0113. The average Bonchev–Trinajstić information content (AvgIpc) is 3.57. The van der Waals surface area contributed by atoms with E-state index in [1.807, 2.05) is 6.08 Å². The van der Waals surface area contributed by atoms with E-state index in [4.69, 9.17) is 29.0 Å². The van der Waals surface area contributed by atoms with Gasteiger partial charge in [0.05, 0.1) is 25.4 Å². The number of aliphatic hydroxyl groups is 4. The second-order valence-electron chi connectivity index (χ2n) is 17.3. The summed E-state index contributed by atoms with van der Waals surface area (Å²) in [5, 5.41) is 41.3. The summed E-state index contributed by atoms with van der Waals surface area (Å²) in [7, 11) is -11.0. The minimum Gasteiger partial charge on any atom is -0.462 e. The number of unbranched alkanes of at least 4 members (excludes halogenated alkanes) is 10. The molecular formula is C47H79N3O17P2. The van der Waals surface area contributed by atoms with Gasteiger partial charge in [-0.3, -0.25) is 23.2 Å². The Morgan fingerprint density at radius 3 is 2.12 bits per heavy atom. The van der Waals surface area contributed by atoms with Crippen LogP contribution in [0.2, 0.25) is 0 Å². The Morgan fingerprint density at radius 1 is 0.812 bits per heavy atom. The highest BCUT2D eigenvalue weighted by atomic mass is 31.3. The molecule has 1 saturated heterocycles. The second-order valence-corrected chi connectivity index (χ2v) is 20.3. The minimum atomic E-state index is -5.48. The summed E-state index contributed by atoms with van der Waals surface area (Å²) in [5.41, 5.74) is 4.56. The van der Waals surface area contributed by atoms with Crippen molar-refractivity contribution in [2.45, 2.75) is 186 Å². The monoisotopic (exact) mass is 1020 g/mol. The largest absolute Gasteiger partial charge is 0.481 e. The van der Waals surface area contributed by atoms with E-state index in [9.17, 15) is 53.7 Å². The highest BCUT2D eigenvalue weighted by Crippen LogP contribution is 2.60. The molecule has 1 aromatic rings. The van der Waals surface area contributed by atoms with Gasteiger partial charge in [0, 0.05) is 19.0 Å². The number of hydrogen-bond donors (Lipinski definition) is 7. The van der Waals surface area contributed by atoms with Crippen LogP contribution in [0.3, 0.4) is 0 Å². The van der Waals surface area contributed by atoms with Gasteiger partial charge in [0.1, 0.15) is 30.7 Å². The van der Waals surface area contributed by atoms with Gasteiger partial charge in [0.2, 0.25) is 0 Å². The molecule has 22 heteroatoms. The summed E-state index contributed by atoms with van der Waals surface area (Å²) < 4.78 is 56.4. The number of nitrogen functional groups attached to an aromatic ring is 1. The Hall–Kier alpha value is -3.36. The number of ether oxygens (including phenoxy) is 3. The van der Waals surface area contributed by atoms with E-state index >= 15 is 0 Å². The van der Waals surface area contributed by atoms with Gasteiger partial charge in [-0.15, -0.1) is 0 Å². The highest BCUT2D eigenvalue weighted by Gasteiger charge is 2.46. The molecular weight excluding hydrogens is 940 g/mol. The number of aromatic nitrogens is 2. The zero-order valence-corrected chi connectivity index (χ0v) is 42.3. The SMILES string of the molecule is CCCCC/C=C\C[C@H](O)/C=C/C=C/C=C\[C@H](O)CCCC(=O)O[C@H](COC(=O)CCCCCCCCCCC(C)CC)COP(=O)(O)OP(=O)(O)OC[C@H]1O[C@@H](n2ccc(N)nc2=O)[C@H](O)[C@@H]1O. The number of nitrogens with zero attached hydrogens (tertiary/aromatic N) is 2. The Bertz CT molecular complexity index is 1900. The maximum absolute atomic E-state index is 12.8. The number of carbonyl (C=O) groups excluding carboxylic acids is 2. The number of esters is 2. The number of rotatable bonds is 38. The van der Waals surface area contributed by atoms with Crippen molar-refractivity contribution in [3.05, 3.63) is 71.4 Å². The molecule has 1 fully saturated rings. The number of phosphoric ester groups is 2. The number of allylic oxidation sites excluding steroid dienone is 5. The van der Waals surface area contributed by atoms with E-state index in [1.165, 1.54) is 50.7 Å². The number of hydrogen-bond acceptors (Lipinski definition) is 17. The third kappa shape index (κ3) is 28.3. The topological polar surface area (TPSA) is 306 Å². The van der Waals surface area contributed by atoms with Gasteiger partial charge in [-0.25, -0.2) is 13.9 Å². The summed E-state index contributed by atoms with van der Waals surface area (Å²) in [5.74, 6) is -0.803. The van der Waals surface area contributed by atoms with Crippen molar-refractivity contribution in [3.63, 3.8) is 0 Å². The zero-order valence-electron chi connectivity index (χ0n) is 40.5. The third-order valence-electron chi connectivity index (χ3n) is 11.1. The van der Waals surface area contributed by atoms with Crippen LogP contribution in [0.25, 0.3) is 0 Å². The Labute approximate surface area is 406 Å². The van der Waals surface area contributed by atoms with Crippen LogP contribution < -0.4 is 11.4 Å². The summed E-state index contributed by atoms with van der Waals surface area (Å²) in [6, 6.07) is 1.23. The van der Waals surface area contributed by atoms with Gasteiger partial charge < -0.3 is 50.2 Å². The molecule has 0 spiro atoms. The van der Waals surface area contributed by atoms with E-state index in [2.05, 4.69) is 36.1 Å². The molecule has 69 heavy (non-hydrogen) atoms. The summed E-state index contributed by atoms with van der Waals surface area (Å²) in [6.07, 6.45) is 21.3. The Morgan fingerprint density at radius 2 is 1.45 bits per heavy atom. The molecule has 8 N–H and O–H groups in total. The first kappa shape index (κ1) is 61.8. The molecule has 394 valence electrons. The Kier molecular flexibility index (Phi) is 31.2. The first-order valence-corrected chi connectivity index (χ1v) is 27.3. The Balaban J connectivity index is 1.90. The van der Waals surface area contributed by atoms with Crippen LogP contribution in [-0.2, 0) is 46.3 Å². The summed E-state index contributed by atoms with van der Waals surface area (Å²) in [6.45, 7) is 4.11. The molecule has 0 aliphatic carbocycles. The van der Waals surface area contributed by atoms with Gasteiger partial charge in [-0.2, -0.15) is 9.29 Å². The second kappa shape index (κ2) is 34.9. The fourth-order valence-electron chi connectivity index (χ4n) is 6.89. The average molecular weight is 1020 g/mol. The predicted octanol–water partition coefficient (Wildman–Crippen LogP) is 7.18.